The molecule has 14 heavy (non-hydrogen) atoms. The van der Waals surface area contributed by atoms with Gasteiger partial charge in [-0.2, -0.15) is 0 Å². The molecule has 0 saturated carbocycles. The molecular formula is C8H5IN2O2S. The van der Waals surface area contributed by atoms with E-state index in [-0.39, 0.29) is 5.91 Å². The highest BCUT2D eigenvalue weighted by Gasteiger charge is 2.09. The first-order valence-electron chi connectivity index (χ1n) is 3.71. The Kier molecular flexibility index (Phi) is 2.82. The summed E-state index contributed by atoms with van der Waals surface area (Å²) in [6.45, 7) is 0. The molecule has 2 aromatic heterocycles. The number of nitrogens with zero attached hydrogens (tertiary/aromatic N) is 1. The summed E-state index contributed by atoms with van der Waals surface area (Å²) in [6.07, 6.45) is 1.41. The van der Waals surface area contributed by atoms with Crippen molar-refractivity contribution in [3.8, 4) is 0 Å². The molecule has 0 aliphatic carbocycles. The maximum Gasteiger partial charge on any atom is 0.257 e. The van der Waals surface area contributed by atoms with Crippen LogP contribution in [0.15, 0.2) is 28.3 Å². The Balaban J connectivity index is 2.10. The van der Waals surface area contributed by atoms with Crippen LogP contribution in [0.2, 0.25) is 0 Å². The number of thiophene rings is 1. The molecule has 2 heterocycles. The zero-order valence-corrected chi connectivity index (χ0v) is 9.83. The van der Waals surface area contributed by atoms with Gasteiger partial charge in [0.2, 0.25) is 0 Å². The lowest BCUT2D eigenvalue weighted by atomic mass is 10.3. The molecule has 1 N–H and O–H groups in total. The molecule has 0 fully saturated rings. The number of hydrogen-bond acceptors (Lipinski definition) is 4. The lowest BCUT2D eigenvalue weighted by Crippen LogP contribution is -2.10. The molecule has 1 amide bonds. The number of aromatic nitrogens is 1. The van der Waals surface area contributed by atoms with E-state index in [1.807, 2.05) is 6.07 Å². The van der Waals surface area contributed by atoms with E-state index in [4.69, 9.17) is 0 Å². The van der Waals surface area contributed by atoms with Gasteiger partial charge in [-0.25, -0.2) is 0 Å². The van der Waals surface area contributed by atoms with Crippen molar-refractivity contribution in [3.05, 3.63) is 32.2 Å². The number of rotatable bonds is 2. The van der Waals surface area contributed by atoms with Crippen LogP contribution >= 0.6 is 33.9 Å². The zero-order chi connectivity index (χ0) is 9.97. The predicted octanol–water partition coefficient (Wildman–Crippen LogP) is 2.59. The number of anilines is 1. The van der Waals surface area contributed by atoms with Gasteiger partial charge in [0.15, 0.2) is 5.82 Å². The first kappa shape index (κ1) is 9.66. The summed E-state index contributed by atoms with van der Waals surface area (Å²) < 4.78 is 5.67. The standard InChI is InChI=1S/C8H5IN2O2S/c9-6-3-5(4-14-6)8(12)10-7-1-2-13-11-7/h1-4H,(H,10,11,12). The van der Waals surface area contributed by atoms with Gasteiger partial charge < -0.3 is 9.84 Å². The second-order valence-corrected chi connectivity index (χ2v) is 5.28. The first-order chi connectivity index (χ1) is 6.75. The fraction of sp³-hybridized carbons (Fsp3) is 0. The average molecular weight is 320 g/mol. The molecule has 0 aromatic carbocycles. The highest BCUT2D eigenvalue weighted by atomic mass is 127. The molecule has 0 atom stereocenters. The summed E-state index contributed by atoms with van der Waals surface area (Å²) >= 11 is 3.70. The molecule has 0 bridgehead atoms. The van der Waals surface area contributed by atoms with Crippen LogP contribution in [0.1, 0.15) is 10.4 Å². The maximum absolute atomic E-state index is 11.5. The molecule has 2 aromatic rings. The van der Waals surface area contributed by atoms with Crippen LogP contribution in [-0.4, -0.2) is 11.1 Å². The molecule has 2 rings (SSSR count). The van der Waals surface area contributed by atoms with Crippen LogP contribution in [0.3, 0.4) is 0 Å². The number of nitrogens with one attached hydrogen (secondary N) is 1. The molecule has 0 unspecified atom stereocenters. The highest BCUT2D eigenvalue weighted by Crippen LogP contribution is 2.17. The van der Waals surface area contributed by atoms with E-state index >= 15 is 0 Å². The van der Waals surface area contributed by atoms with Crippen molar-refractivity contribution < 1.29 is 9.32 Å². The molecular weight excluding hydrogens is 315 g/mol. The van der Waals surface area contributed by atoms with Gasteiger partial charge in [0.1, 0.15) is 6.26 Å². The third kappa shape index (κ3) is 2.13. The third-order valence-electron chi connectivity index (χ3n) is 1.51. The van der Waals surface area contributed by atoms with Gasteiger partial charge >= 0.3 is 0 Å². The monoisotopic (exact) mass is 320 g/mol. The Morgan fingerprint density at radius 2 is 2.50 bits per heavy atom. The maximum atomic E-state index is 11.5. The summed E-state index contributed by atoms with van der Waals surface area (Å²) in [5.41, 5.74) is 0.641. The van der Waals surface area contributed by atoms with Gasteiger partial charge in [0.05, 0.1) is 8.45 Å². The summed E-state index contributed by atoms with van der Waals surface area (Å²) in [6, 6.07) is 3.41. The second-order valence-electron chi connectivity index (χ2n) is 2.48. The highest BCUT2D eigenvalue weighted by molar-refractivity contribution is 14.1. The predicted molar refractivity (Wildman–Crippen MR) is 61.5 cm³/mol. The average Bonchev–Trinajstić information content (AvgIpc) is 2.75. The molecule has 6 heteroatoms. The molecule has 0 aliphatic rings. The molecule has 0 aliphatic heterocycles. The minimum atomic E-state index is -0.168. The van der Waals surface area contributed by atoms with E-state index < -0.39 is 0 Å². The third-order valence-corrected chi connectivity index (χ3v) is 3.30. The number of amides is 1. The lowest BCUT2D eigenvalue weighted by Gasteiger charge is -1.96. The Bertz CT molecular complexity index is 438. The number of carbonyl (C=O) groups excluding carboxylic acids is 1. The van der Waals surface area contributed by atoms with E-state index in [1.165, 1.54) is 17.6 Å². The van der Waals surface area contributed by atoms with E-state index in [9.17, 15) is 4.79 Å². The van der Waals surface area contributed by atoms with Crippen LogP contribution < -0.4 is 5.32 Å². The van der Waals surface area contributed by atoms with E-state index in [0.29, 0.717) is 11.4 Å². The van der Waals surface area contributed by atoms with Gasteiger partial charge in [-0.1, -0.05) is 5.16 Å². The van der Waals surface area contributed by atoms with Crippen molar-refractivity contribution in [2.45, 2.75) is 0 Å². The van der Waals surface area contributed by atoms with Crippen LogP contribution in [0, 0.1) is 2.88 Å². The number of carbonyl (C=O) groups is 1. The van der Waals surface area contributed by atoms with Crippen molar-refractivity contribution in [1.29, 1.82) is 0 Å². The number of halogens is 1. The SMILES string of the molecule is O=C(Nc1ccon1)c1csc(I)c1. The van der Waals surface area contributed by atoms with E-state index in [0.717, 1.165) is 2.88 Å². The van der Waals surface area contributed by atoms with Gasteiger partial charge in [-0.3, -0.25) is 4.79 Å². The Morgan fingerprint density at radius 3 is 3.07 bits per heavy atom. The van der Waals surface area contributed by atoms with Crippen LogP contribution in [0.4, 0.5) is 5.82 Å². The Hall–Kier alpha value is -0.890. The zero-order valence-electron chi connectivity index (χ0n) is 6.86. The summed E-state index contributed by atoms with van der Waals surface area (Å²) in [5.74, 6) is 0.259. The van der Waals surface area contributed by atoms with Crippen molar-refractivity contribution >= 4 is 45.7 Å². The van der Waals surface area contributed by atoms with Gasteiger partial charge in [-0.15, -0.1) is 11.3 Å². The fourth-order valence-corrected chi connectivity index (χ4v) is 2.22. The minimum Gasteiger partial charge on any atom is -0.363 e. The van der Waals surface area contributed by atoms with Gasteiger partial charge in [0.25, 0.3) is 5.91 Å². The molecule has 0 spiro atoms. The lowest BCUT2D eigenvalue weighted by molar-refractivity contribution is 0.102. The van der Waals surface area contributed by atoms with Crippen molar-refractivity contribution in [1.82, 2.24) is 5.16 Å². The molecule has 4 nitrogen and oxygen atoms in total. The summed E-state index contributed by atoms with van der Waals surface area (Å²) in [4.78, 5) is 11.5. The van der Waals surface area contributed by atoms with Gasteiger partial charge in [-0.05, 0) is 28.7 Å². The van der Waals surface area contributed by atoms with Crippen LogP contribution in [0.25, 0.3) is 0 Å². The summed E-state index contributed by atoms with van der Waals surface area (Å²) in [5, 5.41) is 8.00. The molecule has 72 valence electrons. The second kappa shape index (κ2) is 4.09. The van der Waals surface area contributed by atoms with Crippen LogP contribution in [0.5, 0.6) is 0 Å². The first-order valence-corrected chi connectivity index (χ1v) is 5.67. The Morgan fingerprint density at radius 1 is 1.64 bits per heavy atom. The molecule has 0 saturated heterocycles. The van der Waals surface area contributed by atoms with Crippen LogP contribution in [-0.2, 0) is 0 Å². The normalized spacial score (nSPS) is 10.1. The van der Waals surface area contributed by atoms with E-state index in [1.54, 1.807) is 11.4 Å². The quantitative estimate of drug-likeness (QED) is 0.866. The smallest absolute Gasteiger partial charge is 0.257 e. The fourth-order valence-electron chi connectivity index (χ4n) is 0.895. The Labute approximate surface area is 97.4 Å². The summed E-state index contributed by atoms with van der Waals surface area (Å²) in [7, 11) is 0. The molecule has 0 radical (unpaired) electrons. The van der Waals surface area contributed by atoms with E-state index in [2.05, 4.69) is 37.6 Å². The van der Waals surface area contributed by atoms with Crippen molar-refractivity contribution in [2.24, 2.45) is 0 Å². The minimum absolute atomic E-state index is 0.168. The van der Waals surface area contributed by atoms with Crippen molar-refractivity contribution in [2.75, 3.05) is 5.32 Å². The topological polar surface area (TPSA) is 55.1 Å². The number of hydrogen-bond donors (Lipinski definition) is 1. The van der Waals surface area contributed by atoms with Gasteiger partial charge in [0, 0.05) is 11.4 Å². The largest absolute Gasteiger partial charge is 0.363 e. The van der Waals surface area contributed by atoms with Crippen molar-refractivity contribution in [3.63, 3.8) is 0 Å².